The number of benzene rings is 2. The molecule has 1 aliphatic rings. The lowest BCUT2D eigenvalue weighted by Crippen LogP contribution is -2.55. The average Bonchev–Trinajstić information content (AvgIpc) is 2.81. The molecule has 0 aliphatic carbocycles. The van der Waals surface area contributed by atoms with Gasteiger partial charge in [0.25, 0.3) is 0 Å². The van der Waals surface area contributed by atoms with Crippen LogP contribution in [-0.2, 0) is 14.3 Å². The van der Waals surface area contributed by atoms with Crippen molar-refractivity contribution in [1.82, 2.24) is 0 Å². The highest BCUT2D eigenvalue weighted by Crippen LogP contribution is 2.47. The Morgan fingerprint density at radius 2 is 0.966 bits per heavy atom. The molecule has 0 spiro atoms. The van der Waals surface area contributed by atoms with Crippen molar-refractivity contribution < 1.29 is 14.3 Å². The molecule has 1 saturated heterocycles. The second-order valence-electron chi connectivity index (χ2n) is 9.64. The fraction of sp³-hybridized carbons (Fsp3) is 0.417. The van der Waals surface area contributed by atoms with Gasteiger partial charge in [-0.2, -0.15) is 0 Å². The lowest BCUT2D eigenvalue weighted by molar-refractivity contribution is -0.158. The van der Waals surface area contributed by atoms with Gasteiger partial charge in [-0.3, -0.25) is 9.59 Å². The van der Waals surface area contributed by atoms with Crippen LogP contribution in [0.15, 0.2) is 48.5 Å². The van der Waals surface area contributed by atoms with Crippen LogP contribution in [0.4, 0.5) is 0 Å². The summed E-state index contributed by atoms with van der Waals surface area (Å²) in [6.07, 6.45) is 0.678. The minimum atomic E-state index is -2.04. The average molecular weight is 425 g/mol. The Kier molecular flexibility index (Phi) is 6.02. The predicted molar refractivity (Wildman–Crippen MR) is 124 cm³/mol. The molecule has 3 rings (SSSR count). The first-order chi connectivity index (χ1) is 13.5. The van der Waals surface area contributed by atoms with E-state index >= 15 is 0 Å². The van der Waals surface area contributed by atoms with Crippen LogP contribution in [0.1, 0.15) is 24.0 Å². The number of ether oxygens (including phenoxy) is 1. The second-order valence-corrected chi connectivity index (χ2v) is 19.2. The van der Waals surface area contributed by atoms with Crippen LogP contribution >= 0.6 is 0 Å². The van der Waals surface area contributed by atoms with Gasteiger partial charge in [-0.1, -0.05) is 96.2 Å². The second kappa shape index (κ2) is 8.03. The molecule has 2 aromatic carbocycles. The van der Waals surface area contributed by atoms with Gasteiger partial charge in [0.1, 0.15) is 0 Å². The number of esters is 2. The van der Waals surface area contributed by atoms with E-state index in [1.165, 1.54) is 21.5 Å². The molecule has 3 nitrogen and oxygen atoms in total. The van der Waals surface area contributed by atoms with Crippen LogP contribution in [0.5, 0.6) is 0 Å². The van der Waals surface area contributed by atoms with Gasteiger partial charge in [0.15, 0.2) is 0 Å². The normalized spacial score (nSPS) is 20.9. The zero-order valence-corrected chi connectivity index (χ0v) is 20.4. The zero-order valence-electron chi connectivity index (χ0n) is 18.4. The minimum absolute atomic E-state index is 0.173. The molecule has 0 amide bonds. The van der Waals surface area contributed by atoms with Crippen LogP contribution in [0.3, 0.4) is 0 Å². The third kappa shape index (κ3) is 4.46. The number of cyclic esters (lactones) is 2. The van der Waals surface area contributed by atoms with Crippen LogP contribution in [-0.4, -0.2) is 28.1 Å². The highest BCUT2D eigenvalue weighted by atomic mass is 28.3. The van der Waals surface area contributed by atoms with Crippen LogP contribution < -0.4 is 10.4 Å². The van der Waals surface area contributed by atoms with E-state index in [0.29, 0.717) is 12.8 Å². The SMILES string of the molecule is Cc1ccc([Si](C)(C)[C@@H]2CC(=O)OC(=O)C[C@@H]2[Si](C)(C)c2ccc(C)cc2)cc1. The van der Waals surface area contributed by atoms with Crippen molar-refractivity contribution in [2.45, 2.75) is 64.0 Å². The molecule has 29 heavy (non-hydrogen) atoms. The van der Waals surface area contributed by atoms with Crippen molar-refractivity contribution in [2.75, 3.05) is 0 Å². The third-order valence-corrected chi connectivity index (χ3v) is 15.8. The molecule has 0 aromatic heterocycles. The van der Waals surface area contributed by atoms with Crippen molar-refractivity contribution in [1.29, 1.82) is 0 Å². The van der Waals surface area contributed by atoms with Gasteiger partial charge in [0, 0.05) is 12.8 Å². The Hall–Kier alpha value is -1.99. The summed E-state index contributed by atoms with van der Waals surface area (Å²) >= 11 is 0. The highest BCUT2D eigenvalue weighted by Gasteiger charge is 2.50. The first kappa shape index (κ1) is 21.7. The zero-order chi connectivity index (χ0) is 21.4. The molecule has 0 radical (unpaired) electrons. The molecular formula is C24H32O3Si2. The fourth-order valence-corrected chi connectivity index (χ4v) is 13.8. The summed E-state index contributed by atoms with van der Waals surface area (Å²) in [5, 5.41) is 2.68. The molecule has 1 heterocycles. The number of carbonyl (C=O) groups excluding carboxylic acids is 2. The molecule has 5 heteroatoms. The Bertz CT molecular complexity index is 823. The largest absolute Gasteiger partial charge is 0.393 e. The highest BCUT2D eigenvalue weighted by molar-refractivity contribution is 6.96. The summed E-state index contributed by atoms with van der Waals surface area (Å²) in [7, 11) is -4.08. The lowest BCUT2D eigenvalue weighted by Gasteiger charge is -2.43. The topological polar surface area (TPSA) is 43.4 Å². The van der Waals surface area contributed by atoms with Crippen molar-refractivity contribution in [2.24, 2.45) is 0 Å². The Balaban J connectivity index is 2.09. The number of hydrogen-bond donors (Lipinski definition) is 0. The van der Waals surface area contributed by atoms with Gasteiger partial charge in [-0.05, 0) is 24.9 Å². The number of hydrogen-bond acceptors (Lipinski definition) is 3. The molecule has 2 aromatic rings. The van der Waals surface area contributed by atoms with E-state index in [4.69, 9.17) is 4.74 Å². The maximum Gasteiger partial charge on any atom is 0.313 e. The number of carbonyl (C=O) groups is 2. The Labute approximate surface area is 176 Å². The van der Waals surface area contributed by atoms with Gasteiger partial charge >= 0.3 is 11.9 Å². The first-order valence-corrected chi connectivity index (χ1v) is 16.5. The molecule has 154 valence electrons. The van der Waals surface area contributed by atoms with E-state index in [-0.39, 0.29) is 23.0 Å². The van der Waals surface area contributed by atoms with E-state index in [1.54, 1.807) is 0 Å². The maximum absolute atomic E-state index is 12.5. The number of rotatable bonds is 4. The van der Waals surface area contributed by atoms with Crippen molar-refractivity contribution >= 4 is 38.5 Å². The van der Waals surface area contributed by atoms with Gasteiger partial charge in [-0.15, -0.1) is 0 Å². The lowest BCUT2D eigenvalue weighted by atomic mass is 10.2. The van der Waals surface area contributed by atoms with Crippen LogP contribution in [0.25, 0.3) is 0 Å². The maximum atomic E-state index is 12.5. The van der Waals surface area contributed by atoms with Gasteiger partial charge in [0.2, 0.25) is 0 Å². The van der Waals surface area contributed by atoms with Gasteiger partial charge < -0.3 is 4.74 Å². The summed E-state index contributed by atoms with van der Waals surface area (Å²) in [4.78, 5) is 25.0. The summed E-state index contributed by atoms with van der Waals surface area (Å²) in [5.41, 5.74) is 2.82. The van der Waals surface area contributed by atoms with Crippen molar-refractivity contribution in [3.8, 4) is 0 Å². The summed E-state index contributed by atoms with van der Waals surface area (Å²) < 4.78 is 5.14. The van der Waals surface area contributed by atoms with E-state index in [9.17, 15) is 9.59 Å². The minimum Gasteiger partial charge on any atom is -0.393 e. The Morgan fingerprint density at radius 1 is 0.655 bits per heavy atom. The third-order valence-electron chi connectivity index (χ3n) is 6.93. The molecule has 1 fully saturated rings. The van der Waals surface area contributed by atoms with Crippen LogP contribution in [0.2, 0.25) is 37.3 Å². The van der Waals surface area contributed by atoms with Crippen LogP contribution in [0, 0.1) is 13.8 Å². The summed E-state index contributed by atoms with van der Waals surface area (Å²) in [6, 6.07) is 17.5. The quantitative estimate of drug-likeness (QED) is 0.414. The molecule has 0 N–H and O–H groups in total. The molecule has 0 saturated carbocycles. The smallest absolute Gasteiger partial charge is 0.313 e. The monoisotopic (exact) mass is 424 g/mol. The molecule has 0 bridgehead atoms. The summed E-state index contributed by atoms with van der Waals surface area (Å²) in [5.74, 6) is -0.715. The van der Waals surface area contributed by atoms with E-state index in [1.807, 2.05) is 0 Å². The van der Waals surface area contributed by atoms with Crippen molar-refractivity contribution in [3.05, 3.63) is 59.7 Å². The van der Waals surface area contributed by atoms with Crippen molar-refractivity contribution in [3.63, 3.8) is 0 Å². The standard InChI is InChI=1S/C24H32O3Si2/c1-17-7-11-19(12-8-17)28(3,4)21-15-23(25)27-24(26)16-22(21)29(5,6)20-13-9-18(2)10-14-20/h7-14,21-22H,15-16H2,1-6H3/t21-,22+. The van der Waals surface area contributed by atoms with Gasteiger partial charge in [0.05, 0.1) is 16.1 Å². The number of aryl methyl sites for hydroxylation is 2. The molecule has 1 aliphatic heterocycles. The molecule has 2 atom stereocenters. The van der Waals surface area contributed by atoms with E-state index in [0.717, 1.165) is 0 Å². The predicted octanol–water partition coefficient (Wildman–Crippen LogP) is 4.44. The first-order valence-electron chi connectivity index (χ1n) is 10.4. The molecular weight excluding hydrogens is 392 g/mol. The van der Waals surface area contributed by atoms with Gasteiger partial charge in [-0.25, -0.2) is 0 Å². The Morgan fingerprint density at radius 3 is 1.28 bits per heavy atom. The van der Waals surface area contributed by atoms with E-state index in [2.05, 4.69) is 88.6 Å². The fourth-order valence-electron chi connectivity index (χ4n) is 4.76. The van der Waals surface area contributed by atoms with E-state index < -0.39 is 16.1 Å². The summed E-state index contributed by atoms with van der Waals surface area (Å²) in [6.45, 7) is 13.6. The molecule has 0 unspecified atom stereocenters.